The van der Waals surface area contributed by atoms with Crippen molar-refractivity contribution in [3.63, 3.8) is 0 Å². The van der Waals surface area contributed by atoms with Gasteiger partial charge in [0.2, 0.25) is 0 Å². The number of carbonyl (C=O) groups is 2. The van der Waals surface area contributed by atoms with E-state index in [1.54, 1.807) is 19.9 Å². The largest absolute Gasteiger partial charge is 0.480 e. The number of carbonyl (C=O) groups excluding carboxylic acids is 1. The molecule has 138 valence electrons. The number of nitrogens with zero attached hydrogens (tertiary/aromatic N) is 1. The standard InChI is InChI=1S/C20H30N2O3/c1-4-10-22(12-15-8-9-15)13-16-6-5-7-17(11-16)19(23)21-18(14(2)3)20(24)25/h5-7,11,14-15,18H,4,8-10,12-13H2,1-3H3,(H,21,23)(H,24,25)/t18-/m0/s1. The van der Waals surface area contributed by atoms with Crippen molar-refractivity contribution >= 4 is 11.9 Å². The molecule has 1 saturated carbocycles. The lowest BCUT2D eigenvalue weighted by molar-refractivity contribution is -0.140. The topological polar surface area (TPSA) is 69.6 Å². The summed E-state index contributed by atoms with van der Waals surface area (Å²) < 4.78 is 0. The molecule has 0 heterocycles. The van der Waals surface area contributed by atoms with Gasteiger partial charge in [0.1, 0.15) is 6.04 Å². The minimum Gasteiger partial charge on any atom is -0.480 e. The van der Waals surface area contributed by atoms with Crippen LogP contribution in [0.1, 0.15) is 56.0 Å². The number of amides is 1. The van der Waals surface area contributed by atoms with Crippen LogP contribution in [0.5, 0.6) is 0 Å². The van der Waals surface area contributed by atoms with Crippen molar-refractivity contribution in [2.75, 3.05) is 13.1 Å². The molecule has 0 aliphatic heterocycles. The second-order valence-electron chi connectivity index (χ2n) is 7.41. The minimum absolute atomic E-state index is 0.164. The van der Waals surface area contributed by atoms with E-state index in [9.17, 15) is 14.7 Å². The zero-order valence-corrected chi connectivity index (χ0v) is 15.5. The molecule has 0 radical (unpaired) electrons. The van der Waals surface area contributed by atoms with Gasteiger partial charge in [-0.25, -0.2) is 4.79 Å². The molecule has 0 bridgehead atoms. The van der Waals surface area contributed by atoms with Crippen molar-refractivity contribution in [2.45, 2.75) is 52.6 Å². The third-order valence-electron chi connectivity index (χ3n) is 4.57. The molecule has 0 saturated heterocycles. The van der Waals surface area contributed by atoms with Crippen LogP contribution in [-0.4, -0.2) is 41.0 Å². The lowest BCUT2D eigenvalue weighted by atomic mass is 10.0. The van der Waals surface area contributed by atoms with Gasteiger partial charge in [-0.05, 0) is 55.3 Å². The summed E-state index contributed by atoms with van der Waals surface area (Å²) in [6.45, 7) is 8.77. The molecule has 1 aliphatic carbocycles. The molecular weight excluding hydrogens is 316 g/mol. The number of hydrogen-bond acceptors (Lipinski definition) is 3. The summed E-state index contributed by atoms with van der Waals surface area (Å²) in [4.78, 5) is 26.2. The van der Waals surface area contributed by atoms with Crippen LogP contribution < -0.4 is 5.32 Å². The van der Waals surface area contributed by atoms with E-state index in [2.05, 4.69) is 17.1 Å². The van der Waals surface area contributed by atoms with Crippen LogP contribution in [-0.2, 0) is 11.3 Å². The van der Waals surface area contributed by atoms with Crippen LogP contribution in [0.25, 0.3) is 0 Å². The Morgan fingerprint density at radius 2 is 2.04 bits per heavy atom. The Hall–Kier alpha value is -1.88. The number of carboxylic acid groups (broad SMARTS) is 1. The van der Waals surface area contributed by atoms with Gasteiger partial charge in [-0.3, -0.25) is 9.69 Å². The molecule has 1 aromatic carbocycles. The minimum atomic E-state index is -1.00. The summed E-state index contributed by atoms with van der Waals surface area (Å²) in [6, 6.07) is 6.65. The summed E-state index contributed by atoms with van der Waals surface area (Å²) in [5.41, 5.74) is 1.62. The van der Waals surface area contributed by atoms with Crippen LogP contribution in [0.15, 0.2) is 24.3 Å². The normalized spacial score (nSPS) is 15.4. The van der Waals surface area contributed by atoms with Crippen molar-refractivity contribution < 1.29 is 14.7 Å². The van der Waals surface area contributed by atoms with Gasteiger partial charge in [-0.15, -0.1) is 0 Å². The maximum atomic E-state index is 12.4. The Bertz CT molecular complexity index is 596. The molecule has 1 atom stereocenters. The Balaban J connectivity index is 2.03. The van der Waals surface area contributed by atoms with Gasteiger partial charge in [-0.2, -0.15) is 0 Å². The van der Waals surface area contributed by atoms with Crippen LogP contribution in [0.2, 0.25) is 0 Å². The summed E-state index contributed by atoms with van der Waals surface area (Å²) in [5, 5.41) is 11.9. The van der Waals surface area contributed by atoms with E-state index in [0.29, 0.717) is 5.56 Å². The highest BCUT2D eigenvalue weighted by atomic mass is 16.4. The van der Waals surface area contributed by atoms with Gasteiger partial charge < -0.3 is 10.4 Å². The second kappa shape index (κ2) is 8.99. The van der Waals surface area contributed by atoms with E-state index in [4.69, 9.17) is 0 Å². The Kier molecular flexibility index (Phi) is 7.00. The van der Waals surface area contributed by atoms with E-state index in [1.807, 2.05) is 18.2 Å². The Morgan fingerprint density at radius 1 is 1.32 bits per heavy atom. The van der Waals surface area contributed by atoms with Crippen molar-refractivity contribution in [1.29, 1.82) is 0 Å². The smallest absolute Gasteiger partial charge is 0.326 e. The first-order chi connectivity index (χ1) is 11.9. The van der Waals surface area contributed by atoms with Gasteiger partial charge in [0, 0.05) is 18.7 Å². The third-order valence-corrected chi connectivity index (χ3v) is 4.57. The molecule has 1 amide bonds. The molecule has 1 fully saturated rings. The van der Waals surface area contributed by atoms with Crippen molar-refractivity contribution in [3.05, 3.63) is 35.4 Å². The van der Waals surface area contributed by atoms with E-state index in [0.717, 1.165) is 37.5 Å². The molecule has 2 N–H and O–H groups in total. The lowest BCUT2D eigenvalue weighted by Gasteiger charge is -2.22. The van der Waals surface area contributed by atoms with Gasteiger partial charge in [0.25, 0.3) is 5.91 Å². The lowest BCUT2D eigenvalue weighted by Crippen LogP contribution is -2.44. The second-order valence-corrected chi connectivity index (χ2v) is 7.41. The Morgan fingerprint density at radius 3 is 2.60 bits per heavy atom. The number of benzene rings is 1. The van der Waals surface area contributed by atoms with Crippen molar-refractivity contribution in [3.8, 4) is 0 Å². The summed E-state index contributed by atoms with van der Waals surface area (Å²) in [5.74, 6) is -0.658. The predicted octanol–water partition coefficient (Wildman–Crippen LogP) is 3.15. The number of aliphatic carboxylic acids is 1. The fraction of sp³-hybridized carbons (Fsp3) is 0.600. The molecule has 2 rings (SSSR count). The number of carboxylic acids is 1. The SMILES string of the molecule is CCCN(Cc1cccc(C(=O)N[C@H](C(=O)O)C(C)C)c1)CC1CC1. The van der Waals surface area contributed by atoms with E-state index >= 15 is 0 Å². The third kappa shape index (κ3) is 6.16. The first kappa shape index (κ1) is 19.4. The van der Waals surface area contributed by atoms with Crippen molar-refractivity contribution in [2.24, 2.45) is 11.8 Å². The highest BCUT2D eigenvalue weighted by Crippen LogP contribution is 2.30. The number of hydrogen-bond donors (Lipinski definition) is 2. The average Bonchev–Trinajstić information content (AvgIpc) is 3.36. The molecule has 25 heavy (non-hydrogen) atoms. The summed E-state index contributed by atoms with van der Waals surface area (Å²) in [6.07, 6.45) is 3.77. The van der Waals surface area contributed by atoms with Crippen LogP contribution >= 0.6 is 0 Å². The first-order valence-corrected chi connectivity index (χ1v) is 9.25. The molecule has 0 unspecified atom stereocenters. The molecule has 1 aliphatic rings. The maximum absolute atomic E-state index is 12.4. The van der Waals surface area contributed by atoms with Crippen LogP contribution in [0.4, 0.5) is 0 Å². The molecule has 5 nitrogen and oxygen atoms in total. The van der Waals surface area contributed by atoms with Crippen LogP contribution in [0.3, 0.4) is 0 Å². The Labute approximate surface area is 150 Å². The van der Waals surface area contributed by atoms with Gasteiger partial charge in [0.05, 0.1) is 0 Å². The predicted molar refractivity (Wildman–Crippen MR) is 98.5 cm³/mol. The van der Waals surface area contributed by atoms with Gasteiger partial charge in [0.15, 0.2) is 0 Å². The molecule has 0 aromatic heterocycles. The molecule has 5 heteroatoms. The zero-order valence-electron chi connectivity index (χ0n) is 15.5. The molecule has 1 aromatic rings. The van der Waals surface area contributed by atoms with E-state index < -0.39 is 12.0 Å². The highest BCUT2D eigenvalue weighted by molar-refractivity contribution is 5.96. The molecule has 0 spiro atoms. The fourth-order valence-electron chi connectivity index (χ4n) is 3.02. The first-order valence-electron chi connectivity index (χ1n) is 9.25. The van der Waals surface area contributed by atoms with Gasteiger partial charge >= 0.3 is 5.97 Å². The highest BCUT2D eigenvalue weighted by Gasteiger charge is 2.25. The van der Waals surface area contributed by atoms with Crippen LogP contribution in [0, 0.1) is 11.8 Å². The number of nitrogens with one attached hydrogen (secondary N) is 1. The van der Waals surface area contributed by atoms with Crippen molar-refractivity contribution in [1.82, 2.24) is 10.2 Å². The van der Waals surface area contributed by atoms with E-state index in [1.165, 1.54) is 12.8 Å². The zero-order chi connectivity index (χ0) is 18.4. The monoisotopic (exact) mass is 346 g/mol. The fourth-order valence-corrected chi connectivity index (χ4v) is 3.02. The summed E-state index contributed by atoms with van der Waals surface area (Å²) in [7, 11) is 0. The maximum Gasteiger partial charge on any atom is 0.326 e. The number of rotatable bonds is 10. The molecular formula is C20H30N2O3. The van der Waals surface area contributed by atoms with Gasteiger partial charge in [-0.1, -0.05) is 32.9 Å². The quantitative estimate of drug-likeness (QED) is 0.683. The van der Waals surface area contributed by atoms with E-state index in [-0.39, 0.29) is 11.8 Å². The average molecular weight is 346 g/mol. The summed E-state index contributed by atoms with van der Waals surface area (Å²) >= 11 is 0.